The summed E-state index contributed by atoms with van der Waals surface area (Å²) >= 11 is 0. The van der Waals surface area contributed by atoms with E-state index < -0.39 is 0 Å². The van der Waals surface area contributed by atoms with Gasteiger partial charge >= 0.3 is 0 Å². The van der Waals surface area contributed by atoms with E-state index in [9.17, 15) is 14.7 Å². The lowest BCUT2D eigenvalue weighted by Gasteiger charge is -2.32. The molecule has 2 amide bonds. The van der Waals surface area contributed by atoms with Gasteiger partial charge in [0.25, 0.3) is 0 Å². The maximum Gasteiger partial charge on any atom is 0.221 e. The molecule has 33 heavy (non-hydrogen) atoms. The average Bonchev–Trinajstić information content (AvgIpc) is 2.60. The summed E-state index contributed by atoms with van der Waals surface area (Å²) in [5.74, 6) is 0.0822. The quantitative estimate of drug-likeness (QED) is 0.327. The van der Waals surface area contributed by atoms with Crippen LogP contribution in [0.15, 0.2) is 0 Å². The molecule has 0 aromatic heterocycles. The summed E-state index contributed by atoms with van der Waals surface area (Å²) in [6.45, 7) is 25.4. The van der Waals surface area contributed by atoms with Gasteiger partial charge in [0.05, 0.1) is 0 Å². The second kappa shape index (κ2) is 13.7. The number of aliphatic hydroxyl groups is 1. The van der Waals surface area contributed by atoms with Crippen molar-refractivity contribution in [3.63, 3.8) is 0 Å². The van der Waals surface area contributed by atoms with E-state index in [0.717, 1.165) is 12.8 Å². The van der Waals surface area contributed by atoms with Crippen molar-refractivity contribution in [2.45, 2.75) is 101 Å². The number of nitrogens with zero attached hydrogens (tertiary/aromatic N) is 1. The third-order valence-corrected chi connectivity index (χ3v) is 5.49. The van der Waals surface area contributed by atoms with Crippen LogP contribution in [0.2, 0.25) is 0 Å². The van der Waals surface area contributed by atoms with Crippen LogP contribution in [0.1, 0.15) is 101 Å². The fraction of sp³-hybridized carbons (Fsp3) is 0.926. The molecule has 0 bridgehead atoms. The third kappa shape index (κ3) is 18.9. The molecule has 0 atom stereocenters. The molecule has 0 spiro atoms. The van der Waals surface area contributed by atoms with Crippen molar-refractivity contribution in [2.75, 3.05) is 39.3 Å². The number of hydrogen-bond donors (Lipinski definition) is 3. The molecule has 0 aromatic carbocycles. The van der Waals surface area contributed by atoms with Crippen LogP contribution < -0.4 is 10.6 Å². The normalized spacial score (nSPS) is 13.3. The fourth-order valence-corrected chi connectivity index (χ4v) is 5.00. The first-order chi connectivity index (χ1) is 14.8. The van der Waals surface area contributed by atoms with Gasteiger partial charge in [0, 0.05) is 52.2 Å². The van der Waals surface area contributed by atoms with Gasteiger partial charge < -0.3 is 20.6 Å². The first-order valence-electron chi connectivity index (χ1n) is 12.7. The first kappa shape index (κ1) is 31.9. The molecular formula is C27H55N3O3. The highest BCUT2D eigenvalue weighted by Gasteiger charge is 2.27. The third-order valence-electron chi connectivity index (χ3n) is 5.49. The van der Waals surface area contributed by atoms with Crippen LogP contribution in [0.25, 0.3) is 0 Å². The van der Waals surface area contributed by atoms with Crippen LogP contribution in [0, 0.1) is 21.7 Å². The van der Waals surface area contributed by atoms with Crippen LogP contribution in [0.3, 0.4) is 0 Å². The molecule has 196 valence electrons. The zero-order valence-corrected chi connectivity index (χ0v) is 23.5. The standard InChI is InChI=1S/C27H55N3O3/c1-24(2,3)18-26(7,8)20-28-22(32)12-15-30(14-11-17-31)16-13-23(33)29-21-27(9,10)19-25(4,5)6/h31H,11-21H2,1-10H3,(H,28,32)(H,29,33). The Labute approximate surface area is 204 Å². The first-order valence-corrected chi connectivity index (χ1v) is 12.7. The summed E-state index contributed by atoms with van der Waals surface area (Å²) in [5, 5.41) is 15.4. The molecule has 0 aliphatic carbocycles. The van der Waals surface area contributed by atoms with Crippen molar-refractivity contribution >= 4 is 11.8 Å². The molecule has 0 heterocycles. The monoisotopic (exact) mass is 469 g/mol. The van der Waals surface area contributed by atoms with Gasteiger partial charge in [-0.05, 0) is 40.9 Å². The molecular weight excluding hydrogens is 414 g/mol. The maximum absolute atomic E-state index is 12.4. The van der Waals surface area contributed by atoms with E-state index in [1.165, 1.54) is 0 Å². The minimum atomic E-state index is 0.0411. The van der Waals surface area contributed by atoms with Crippen molar-refractivity contribution < 1.29 is 14.7 Å². The lowest BCUT2D eigenvalue weighted by molar-refractivity contribution is -0.122. The molecule has 0 saturated heterocycles. The molecule has 0 unspecified atom stereocenters. The number of amides is 2. The van der Waals surface area contributed by atoms with E-state index >= 15 is 0 Å². The summed E-state index contributed by atoms with van der Waals surface area (Å²) in [4.78, 5) is 27.0. The van der Waals surface area contributed by atoms with Crippen LogP contribution in [-0.2, 0) is 9.59 Å². The van der Waals surface area contributed by atoms with Crippen molar-refractivity contribution in [1.29, 1.82) is 0 Å². The number of hydrogen-bond acceptors (Lipinski definition) is 4. The molecule has 0 saturated carbocycles. The fourth-order valence-electron chi connectivity index (χ4n) is 5.00. The highest BCUT2D eigenvalue weighted by atomic mass is 16.3. The van der Waals surface area contributed by atoms with Crippen molar-refractivity contribution in [3.05, 3.63) is 0 Å². The number of carbonyl (C=O) groups is 2. The molecule has 6 nitrogen and oxygen atoms in total. The average molecular weight is 470 g/mol. The van der Waals surface area contributed by atoms with Gasteiger partial charge in [-0.2, -0.15) is 0 Å². The van der Waals surface area contributed by atoms with Gasteiger partial charge in [-0.1, -0.05) is 69.2 Å². The molecule has 0 rings (SSSR count). The molecule has 0 fully saturated rings. The van der Waals surface area contributed by atoms with Crippen LogP contribution in [0.5, 0.6) is 0 Å². The Morgan fingerprint density at radius 3 is 1.33 bits per heavy atom. The highest BCUT2D eigenvalue weighted by Crippen LogP contribution is 2.33. The van der Waals surface area contributed by atoms with Gasteiger partial charge in [-0.15, -0.1) is 0 Å². The minimum Gasteiger partial charge on any atom is -0.396 e. The van der Waals surface area contributed by atoms with Crippen molar-refractivity contribution in [1.82, 2.24) is 15.5 Å². The predicted molar refractivity (Wildman–Crippen MR) is 139 cm³/mol. The van der Waals surface area contributed by atoms with E-state index in [1.54, 1.807) is 0 Å². The van der Waals surface area contributed by atoms with Gasteiger partial charge in [0.1, 0.15) is 0 Å². The minimum absolute atomic E-state index is 0.0411. The van der Waals surface area contributed by atoms with Crippen LogP contribution >= 0.6 is 0 Å². The topological polar surface area (TPSA) is 81.7 Å². The SMILES string of the molecule is CC(C)(C)CC(C)(C)CNC(=O)CCN(CCCO)CCC(=O)NCC(C)(C)CC(C)(C)C. The molecule has 0 aliphatic heterocycles. The van der Waals surface area contributed by atoms with E-state index in [4.69, 9.17) is 0 Å². The van der Waals surface area contributed by atoms with Crippen molar-refractivity contribution in [2.24, 2.45) is 21.7 Å². The maximum atomic E-state index is 12.4. The Hall–Kier alpha value is -1.14. The summed E-state index contributed by atoms with van der Waals surface area (Å²) in [7, 11) is 0. The smallest absolute Gasteiger partial charge is 0.221 e. The Morgan fingerprint density at radius 1 is 0.667 bits per heavy atom. The molecule has 0 aromatic rings. The van der Waals surface area contributed by atoms with Gasteiger partial charge in [0.15, 0.2) is 0 Å². The predicted octanol–water partition coefficient (Wildman–Crippen LogP) is 4.61. The zero-order chi connectivity index (χ0) is 25.9. The lowest BCUT2D eigenvalue weighted by atomic mass is 9.76. The second-order valence-corrected chi connectivity index (χ2v) is 13.8. The highest BCUT2D eigenvalue weighted by molar-refractivity contribution is 5.76. The van der Waals surface area contributed by atoms with E-state index in [1.807, 2.05) is 0 Å². The van der Waals surface area contributed by atoms with E-state index in [-0.39, 0.29) is 40.1 Å². The lowest BCUT2D eigenvalue weighted by Crippen LogP contribution is -2.39. The summed E-state index contributed by atoms with van der Waals surface area (Å²) in [5.41, 5.74) is 0.530. The molecule has 0 aliphatic rings. The zero-order valence-electron chi connectivity index (χ0n) is 23.5. The van der Waals surface area contributed by atoms with Crippen LogP contribution in [0.4, 0.5) is 0 Å². The number of aliphatic hydroxyl groups excluding tert-OH is 1. The Bertz CT molecular complexity index is 538. The van der Waals surface area contributed by atoms with Crippen LogP contribution in [-0.4, -0.2) is 61.2 Å². The summed E-state index contributed by atoms with van der Waals surface area (Å²) < 4.78 is 0. The molecule has 6 heteroatoms. The van der Waals surface area contributed by atoms with Crippen molar-refractivity contribution in [3.8, 4) is 0 Å². The number of rotatable bonds is 15. The Kier molecular flexibility index (Phi) is 13.2. The Morgan fingerprint density at radius 2 is 1.03 bits per heavy atom. The van der Waals surface area contributed by atoms with Gasteiger partial charge in [0.2, 0.25) is 11.8 Å². The Balaban J connectivity index is 4.52. The number of nitrogens with one attached hydrogen (secondary N) is 2. The molecule has 0 radical (unpaired) electrons. The van der Waals surface area contributed by atoms with E-state index in [2.05, 4.69) is 84.8 Å². The molecule has 3 N–H and O–H groups in total. The van der Waals surface area contributed by atoms with Gasteiger partial charge in [-0.25, -0.2) is 0 Å². The summed E-state index contributed by atoms with van der Waals surface area (Å²) in [6, 6.07) is 0. The largest absolute Gasteiger partial charge is 0.396 e. The van der Waals surface area contributed by atoms with E-state index in [0.29, 0.717) is 52.0 Å². The summed E-state index contributed by atoms with van der Waals surface area (Å²) in [6.07, 6.45) is 3.50. The van der Waals surface area contributed by atoms with Gasteiger partial charge in [-0.3, -0.25) is 9.59 Å². The second-order valence-electron chi connectivity index (χ2n) is 13.8. The number of carbonyl (C=O) groups excluding carboxylic acids is 2.